The number of hydrogen-bond acceptors (Lipinski definition) is 2. The summed E-state index contributed by atoms with van der Waals surface area (Å²) >= 11 is 0. The topological polar surface area (TPSA) is 29.5 Å². The van der Waals surface area contributed by atoms with Crippen molar-refractivity contribution < 1.29 is 14.2 Å². The highest BCUT2D eigenvalue weighted by Gasteiger charge is 2.03. The molecule has 0 aromatic heterocycles. The van der Waals surface area contributed by atoms with E-state index >= 15 is 0 Å². The van der Waals surface area contributed by atoms with Gasteiger partial charge in [-0.15, -0.1) is 0 Å². The Labute approximate surface area is 124 Å². The molecule has 0 aliphatic rings. The third-order valence-corrected chi connectivity index (χ3v) is 3.22. The third kappa shape index (κ3) is 4.08. The quantitative estimate of drug-likeness (QED) is 0.876. The molecule has 0 amide bonds. The first-order valence-electron chi connectivity index (χ1n) is 6.68. The van der Waals surface area contributed by atoms with Crippen LogP contribution in [0.15, 0.2) is 36.4 Å². The molecule has 0 fully saturated rings. The zero-order chi connectivity index (χ0) is 15.2. The molecule has 21 heavy (non-hydrogen) atoms. The summed E-state index contributed by atoms with van der Waals surface area (Å²) in [5.74, 6) is 5.42. The van der Waals surface area contributed by atoms with E-state index in [1.165, 1.54) is 17.2 Å². The summed E-state index contributed by atoms with van der Waals surface area (Å²) in [7, 11) is 0. The van der Waals surface area contributed by atoms with Crippen molar-refractivity contribution >= 4 is 0 Å². The van der Waals surface area contributed by atoms with Gasteiger partial charge in [0.15, 0.2) is 0 Å². The fourth-order valence-electron chi connectivity index (χ4n) is 1.86. The summed E-state index contributed by atoms with van der Waals surface area (Å²) < 4.78 is 19.2. The van der Waals surface area contributed by atoms with Crippen molar-refractivity contribution in [2.45, 2.75) is 20.5 Å². The van der Waals surface area contributed by atoms with Crippen LogP contribution in [0.2, 0.25) is 0 Å². The smallest absolute Gasteiger partial charge is 0.138 e. The van der Waals surface area contributed by atoms with Gasteiger partial charge < -0.3 is 9.84 Å². The SMILES string of the molecule is Cc1ccc(OCc2ccc(F)c(C#CCO)c2)cc1C. The van der Waals surface area contributed by atoms with Crippen LogP contribution in [-0.2, 0) is 6.61 Å². The van der Waals surface area contributed by atoms with Crippen molar-refractivity contribution in [1.82, 2.24) is 0 Å². The molecule has 1 N–H and O–H groups in total. The predicted octanol–water partition coefficient (Wildman–Crippen LogP) is 3.37. The first kappa shape index (κ1) is 15.1. The van der Waals surface area contributed by atoms with Crippen LogP contribution in [0, 0.1) is 31.5 Å². The van der Waals surface area contributed by atoms with Gasteiger partial charge in [0.25, 0.3) is 0 Å². The van der Waals surface area contributed by atoms with E-state index in [2.05, 4.69) is 11.8 Å². The van der Waals surface area contributed by atoms with Gasteiger partial charge in [-0.05, 0) is 54.8 Å². The maximum atomic E-state index is 13.5. The molecule has 0 saturated heterocycles. The fraction of sp³-hybridized carbons (Fsp3) is 0.222. The molecule has 0 aliphatic heterocycles. The number of benzene rings is 2. The first-order valence-corrected chi connectivity index (χ1v) is 6.68. The lowest BCUT2D eigenvalue weighted by molar-refractivity contribution is 0.306. The Balaban J connectivity index is 2.11. The molecule has 2 aromatic rings. The number of rotatable bonds is 3. The number of hydrogen-bond donors (Lipinski definition) is 1. The molecule has 2 nitrogen and oxygen atoms in total. The second kappa shape index (κ2) is 6.92. The van der Waals surface area contributed by atoms with Crippen molar-refractivity contribution in [2.75, 3.05) is 6.61 Å². The summed E-state index contributed by atoms with van der Waals surface area (Å²) in [5.41, 5.74) is 3.48. The van der Waals surface area contributed by atoms with Crippen molar-refractivity contribution in [3.8, 4) is 17.6 Å². The van der Waals surface area contributed by atoms with Crippen LogP contribution in [0.4, 0.5) is 4.39 Å². The Hall–Kier alpha value is -2.31. The molecule has 2 rings (SSSR count). The Morgan fingerprint density at radius 1 is 1.10 bits per heavy atom. The normalized spacial score (nSPS) is 9.90. The molecule has 108 valence electrons. The van der Waals surface area contributed by atoms with Crippen LogP contribution in [0.1, 0.15) is 22.3 Å². The van der Waals surface area contributed by atoms with Crippen molar-refractivity contribution in [2.24, 2.45) is 0 Å². The highest BCUT2D eigenvalue weighted by atomic mass is 19.1. The summed E-state index contributed by atoms with van der Waals surface area (Å²) in [6, 6.07) is 10.6. The predicted molar refractivity (Wildman–Crippen MR) is 80.6 cm³/mol. The second-order valence-corrected chi connectivity index (χ2v) is 4.81. The monoisotopic (exact) mass is 284 g/mol. The van der Waals surface area contributed by atoms with E-state index in [0.29, 0.717) is 6.61 Å². The van der Waals surface area contributed by atoms with Gasteiger partial charge in [-0.3, -0.25) is 0 Å². The summed E-state index contributed by atoms with van der Waals surface area (Å²) in [6.45, 7) is 4.13. The zero-order valence-corrected chi connectivity index (χ0v) is 12.1. The second-order valence-electron chi connectivity index (χ2n) is 4.81. The lowest BCUT2D eigenvalue weighted by Gasteiger charge is -2.09. The molecule has 3 heteroatoms. The average Bonchev–Trinajstić information content (AvgIpc) is 2.48. The van der Waals surface area contributed by atoms with E-state index in [0.717, 1.165) is 11.3 Å². The summed E-state index contributed by atoms with van der Waals surface area (Å²) in [4.78, 5) is 0. The number of ether oxygens (including phenoxy) is 1. The van der Waals surface area contributed by atoms with E-state index < -0.39 is 5.82 Å². The minimum atomic E-state index is -0.397. The molecule has 0 atom stereocenters. The number of aliphatic hydroxyl groups is 1. The lowest BCUT2D eigenvalue weighted by Crippen LogP contribution is -1.98. The summed E-state index contributed by atoms with van der Waals surface area (Å²) in [5, 5.41) is 8.67. The van der Waals surface area contributed by atoms with Gasteiger partial charge in [0.05, 0.1) is 5.56 Å². The average molecular weight is 284 g/mol. The molecule has 0 spiro atoms. The third-order valence-electron chi connectivity index (χ3n) is 3.22. The molecular weight excluding hydrogens is 267 g/mol. The van der Waals surface area contributed by atoms with E-state index in [-0.39, 0.29) is 12.2 Å². The van der Waals surface area contributed by atoms with Gasteiger partial charge >= 0.3 is 0 Å². The highest BCUT2D eigenvalue weighted by Crippen LogP contribution is 2.18. The van der Waals surface area contributed by atoms with Gasteiger partial charge in [0, 0.05) is 0 Å². The number of halogens is 1. The van der Waals surface area contributed by atoms with E-state index in [1.807, 2.05) is 32.0 Å². The zero-order valence-electron chi connectivity index (χ0n) is 12.1. The molecule has 0 bridgehead atoms. The minimum absolute atomic E-state index is 0.269. The van der Waals surface area contributed by atoms with Crippen molar-refractivity contribution in [3.63, 3.8) is 0 Å². The molecule has 0 heterocycles. The standard InChI is InChI=1S/C18H17FO2/c1-13-5-7-17(10-14(13)2)21-12-15-6-8-18(19)16(11-15)4-3-9-20/h5-8,10-11,20H,9,12H2,1-2H3. The van der Waals surface area contributed by atoms with E-state index in [4.69, 9.17) is 9.84 Å². The maximum Gasteiger partial charge on any atom is 0.138 e. The van der Waals surface area contributed by atoms with Gasteiger partial charge in [-0.25, -0.2) is 4.39 Å². The molecule has 0 aliphatic carbocycles. The number of aliphatic hydroxyl groups excluding tert-OH is 1. The Kier molecular flexibility index (Phi) is 4.97. The van der Waals surface area contributed by atoms with Gasteiger partial charge in [-0.2, -0.15) is 0 Å². The van der Waals surface area contributed by atoms with Crippen LogP contribution in [0.3, 0.4) is 0 Å². The van der Waals surface area contributed by atoms with Crippen LogP contribution < -0.4 is 4.74 Å². The Morgan fingerprint density at radius 2 is 1.90 bits per heavy atom. The van der Waals surface area contributed by atoms with Gasteiger partial charge in [0.1, 0.15) is 24.8 Å². The van der Waals surface area contributed by atoms with Crippen LogP contribution in [-0.4, -0.2) is 11.7 Å². The van der Waals surface area contributed by atoms with Crippen LogP contribution >= 0.6 is 0 Å². The van der Waals surface area contributed by atoms with Crippen LogP contribution in [0.5, 0.6) is 5.75 Å². The molecule has 0 saturated carbocycles. The maximum absolute atomic E-state index is 13.5. The van der Waals surface area contributed by atoms with Gasteiger partial charge in [-0.1, -0.05) is 24.0 Å². The van der Waals surface area contributed by atoms with E-state index in [9.17, 15) is 4.39 Å². The van der Waals surface area contributed by atoms with Crippen molar-refractivity contribution in [1.29, 1.82) is 0 Å². The minimum Gasteiger partial charge on any atom is -0.489 e. The number of aryl methyl sites for hydroxylation is 2. The molecule has 2 aromatic carbocycles. The first-order chi connectivity index (χ1) is 10.1. The lowest BCUT2D eigenvalue weighted by atomic mass is 10.1. The Bertz CT molecular complexity index is 696. The highest BCUT2D eigenvalue weighted by molar-refractivity contribution is 5.39. The van der Waals surface area contributed by atoms with Crippen LogP contribution in [0.25, 0.3) is 0 Å². The molecule has 0 radical (unpaired) electrons. The van der Waals surface area contributed by atoms with Crippen molar-refractivity contribution in [3.05, 3.63) is 64.5 Å². The molecular formula is C18H17FO2. The Morgan fingerprint density at radius 3 is 2.62 bits per heavy atom. The largest absolute Gasteiger partial charge is 0.489 e. The fourth-order valence-corrected chi connectivity index (χ4v) is 1.86. The molecule has 0 unspecified atom stereocenters. The summed E-state index contributed by atoms with van der Waals surface area (Å²) in [6.07, 6.45) is 0. The van der Waals surface area contributed by atoms with E-state index in [1.54, 1.807) is 12.1 Å². The van der Waals surface area contributed by atoms with Gasteiger partial charge in [0.2, 0.25) is 0 Å².